The summed E-state index contributed by atoms with van der Waals surface area (Å²) in [5.41, 5.74) is 7.38. The molecule has 0 atom stereocenters. The van der Waals surface area contributed by atoms with E-state index in [1.165, 1.54) is 23.1 Å². The van der Waals surface area contributed by atoms with Crippen LogP contribution in [0.3, 0.4) is 0 Å². The van der Waals surface area contributed by atoms with Crippen molar-refractivity contribution in [2.75, 3.05) is 19.7 Å². The molecule has 3 N–H and O–H groups in total. The van der Waals surface area contributed by atoms with E-state index in [4.69, 9.17) is 16.1 Å². The van der Waals surface area contributed by atoms with E-state index in [9.17, 15) is 4.79 Å². The number of nitrogens with zero attached hydrogens (tertiary/aromatic N) is 2. The number of benzene rings is 1. The first-order valence-corrected chi connectivity index (χ1v) is 14.1. The van der Waals surface area contributed by atoms with Crippen molar-refractivity contribution in [3.63, 3.8) is 0 Å². The van der Waals surface area contributed by atoms with Gasteiger partial charge in [0.25, 0.3) is 5.91 Å². The number of allylic oxidation sites excluding steroid dienone is 2. The molecule has 0 radical (unpaired) electrons. The smallest absolute Gasteiger partial charge is 0.259 e. The summed E-state index contributed by atoms with van der Waals surface area (Å²) in [6, 6.07) is 11.9. The van der Waals surface area contributed by atoms with E-state index < -0.39 is 5.91 Å². The second-order valence-electron chi connectivity index (χ2n) is 9.82. The third-order valence-corrected chi connectivity index (χ3v) is 6.24. The van der Waals surface area contributed by atoms with Gasteiger partial charge in [-0.05, 0) is 85.4 Å². The Morgan fingerprint density at radius 2 is 1.76 bits per heavy atom. The Bertz CT molecular complexity index is 1190. The van der Waals surface area contributed by atoms with Gasteiger partial charge in [-0.2, -0.15) is 5.26 Å². The van der Waals surface area contributed by atoms with Gasteiger partial charge in [0.15, 0.2) is 0 Å². The maximum atomic E-state index is 11.2. The van der Waals surface area contributed by atoms with Gasteiger partial charge >= 0.3 is 0 Å². The van der Waals surface area contributed by atoms with Crippen LogP contribution >= 0.6 is 11.3 Å². The molecule has 5 nitrogen and oxygen atoms in total. The molecule has 208 valence electrons. The molecule has 2 aromatic rings. The molecule has 0 saturated carbocycles. The fourth-order valence-corrected chi connectivity index (χ4v) is 4.10. The number of carbonyl (C=O) groups is 1. The third-order valence-electron chi connectivity index (χ3n) is 5.16. The molecule has 0 spiro atoms. The van der Waals surface area contributed by atoms with Gasteiger partial charge in [0.1, 0.15) is 11.6 Å². The van der Waals surface area contributed by atoms with Gasteiger partial charge < -0.3 is 15.7 Å². The van der Waals surface area contributed by atoms with E-state index in [0.717, 1.165) is 51.2 Å². The van der Waals surface area contributed by atoms with Gasteiger partial charge in [-0.15, -0.1) is 11.3 Å². The second kappa shape index (κ2) is 19.0. The zero-order valence-electron chi connectivity index (χ0n) is 24.5. The molecule has 1 aromatic heterocycles. The number of rotatable bonds is 9. The van der Waals surface area contributed by atoms with Crippen molar-refractivity contribution in [2.24, 2.45) is 17.6 Å². The van der Waals surface area contributed by atoms with Gasteiger partial charge in [-0.1, -0.05) is 59.4 Å². The Morgan fingerprint density at radius 1 is 1.16 bits per heavy atom. The fourth-order valence-electron chi connectivity index (χ4n) is 3.15. The van der Waals surface area contributed by atoms with Crippen LogP contribution in [0.2, 0.25) is 0 Å². The number of aliphatic hydroxyl groups is 1. The van der Waals surface area contributed by atoms with Crippen LogP contribution in [0.1, 0.15) is 66.7 Å². The van der Waals surface area contributed by atoms with E-state index in [2.05, 4.69) is 90.3 Å². The molecular weight excluding hydrogens is 490 g/mol. The first-order chi connectivity index (χ1) is 17.9. The van der Waals surface area contributed by atoms with Gasteiger partial charge in [0.05, 0.1) is 0 Å². The van der Waals surface area contributed by atoms with Crippen LogP contribution in [-0.4, -0.2) is 35.6 Å². The monoisotopic (exact) mass is 537 g/mol. The number of carbonyl (C=O) groups excluding carboxylic acids is 1. The summed E-state index contributed by atoms with van der Waals surface area (Å²) in [6.07, 6.45) is 6.73. The van der Waals surface area contributed by atoms with Crippen LogP contribution in [0.5, 0.6) is 0 Å². The van der Waals surface area contributed by atoms with Crippen molar-refractivity contribution in [3.05, 3.63) is 63.0 Å². The zero-order valence-corrected chi connectivity index (χ0v) is 25.4. The average Bonchev–Trinajstić information content (AvgIpc) is 3.32. The highest BCUT2D eigenvalue weighted by molar-refractivity contribution is 7.16. The number of aliphatic hydroxyl groups excluding tert-OH is 1. The van der Waals surface area contributed by atoms with E-state index >= 15 is 0 Å². The van der Waals surface area contributed by atoms with Crippen LogP contribution in [-0.2, 0) is 4.79 Å². The highest BCUT2D eigenvalue weighted by Gasteiger charge is 2.07. The summed E-state index contributed by atoms with van der Waals surface area (Å²) in [5, 5.41) is 19.3. The van der Waals surface area contributed by atoms with E-state index in [0.29, 0.717) is 12.5 Å². The molecule has 0 saturated heterocycles. The second-order valence-corrected chi connectivity index (χ2v) is 10.9. The van der Waals surface area contributed by atoms with Crippen LogP contribution in [0, 0.1) is 23.2 Å². The van der Waals surface area contributed by atoms with Gasteiger partial charge in [0, 0.05) is 35.1 Å². The zero-order chi connectivity index (χ0) is 29.3. The molecule has 0 unspecified atom stereocenters. The van der Waals surface area contributed by atoms with Gasteiger partial charge in [-0.25, -0.2) is 0 Å². The molecule has 0 aliphatic rings. The van der Waals surface area contributed by atoms with E-state index in [1.807, 2.05) is 25.1 Å². The van der Waals surface area contributed by atoms with Crippen molar-refractivity contribution in [1.82, 2.24) is 4.90 Å². The summed E-state index contributed by atoms with van der Waals surface area (Å²) in [5.74, 6) is 0.764. The van der Waals surface area contributed by atoms with Crippen molar-refractivity contribution in [1.29, 1.82) is 5.26 Å². The third kappa shape index (κ3) is 13.4. The van der Waals surface area contributed by atoms with E-state index in [1.54, 1.807) is 0 Å². The molecular formula is C32H47N3O2S. The summed E-state index contributed by atoms with van der Waals surface area (Å²) < 4.78 is 0. The number of nitrogens with two attached hydrogens (primary N) is 1. The lowest BCUT2D eigenvalue weighted by molar-refractivity contribution is -0.114. The summed E-state index contributed by atoms with van der Waals surface area (Å²) in [6.45, 7) is 23.5. The normalized spacial score (nSPS) is 11.9. The lowest BCUT2D eigenvalue weighted by Crippen LogP contribution is -2.27. The Kier molecular flexibility index (Phi) is 17.4. The van der Waals surface area contributed by atoms with E-state index in [-0.39, 0.29) is 5.57 Å². The number of thiophene rings is 1. The Hall–Kier alpha value is -3.14. The minimum absolute atomic E-state index is 0.0496. The van der Waals surface area contributed by atoms with Crippen molar-refractivity contribution >= 4 is 36.0 Å². The molecule has 38 heavy (non-hydrogen) atoms. The Labute approximate surface area is 234 Å². The van der Waals surface area contributed by atoms with Crippen molar-refractivity contribution in [2.45, 2.75) is 61.8 Å². The highest BCUT2D eigenvalue weighted by atomic mass is 32.1. The number of hydrogen-bond acceptors (Lipinski definition) is 5. The SMILES string of the molecule is C=c1cc(-c2ccc(/C=C(\C#N)C(N)=O)s2)cc/c1=C/C(=C\C)N(CC)CC.CC(C)C.CC(C)CCO. The average molecular weight is 538 g/mol. The summed E-state index contributed by atoms with van der Waals surface area (Å²) in [7, 11) is 0. The number of nitriles is 1. The predicted molar refractivity (Wildman–Crippen MR) is 166 cm³/mol. The van der Waals surface area contributed by atoms with Crippen LogP contribution < -0.4 is 16.2 Å². The van der Waals surface area contributed by atoms with Crippen LogP contribution in [0.4, 0.5) is 0 Å². The number of primary amides is 1. The number of hydrogen-bond donors (Lipinski definition) is 2. The lowest BCUT2D eigenvalue weighted by Gasteiger charge is -2.21. The largest absolute Gasteiger partial charge is 0.396 e. The van der Waals surface area contributed by atoms with Gasteiger partial charge in [0.2, 0.25) is 0 Å². The van der Waals surface area contributed by atoms with Gasteiger partial charge in [-0.3, -0.25) is 4.79 Å². The quantitative estimate of drug-likeness (QED) is 0.306. The first-order valence-electron chi connectivity index (χ1n) is 13.3. The Balaban J connectivity index is 0.00000116. The molecule has 0 aliphatic heterocycles. The van der Waals surface area contributed by atoms with Crippen molar-refractivity contribution in [3.8, 4) is 16.5 Å². The predicted octanol–water partition coefficient (Wildman–Crippen LogP) is 5.93. The summed E-state index contributed by atoms with van der Waals surface area (Å²) >= 11 is 1.50. The molecule has 0 fully saturated rings. The minimum Gasteiger partial charge on any atom is -0.396 e. The van der Waals surface area contributed by atoms with Crippen LogP contribution in [0.15, 0.2) is 47.7 Å². The lowest BCUT2D eigenvalue weighted by atomic mass is 10.1. The molecule has 1 amide bonds. The molecule has 6 heteroatoms. The molecule has 0 aliphatic carbocycles. The maximum absolute atomic E-state index is 11.2. The maximum Gasteiger partial charge on any atom is 0.259 e. The molecule has 0 bridgehead atoms. The molecule has 1 aromatic carbocycles. The highest BCUT2D eigenvalue weighted by Crippen LogP contribution is 2.28. The first kappa shape index (κ1) is 34.9. The molecule has 2 rings (SSSR count). The topological polar surface area (TPSA) is 90.3 Å². The van der Waals surface area contributed by atoms with Crippen molar-refractivity contribution < 1.29 is 9.90 Å². The molecule has 1 heterocycles. The number of amides is 1. The minimum atomic E-state index is -0.717. The standard InChI is InChI=1S/C23H25N3OS.C5H12O.C4H10/c1-5-20(26(6-2)7-3)13-17-8-9-18(12-16(17)4)22-11-10-21(28-22)14-19(15-24)23(25)27;1-5(2)3-4-6;1-4(2)3/h5,8-14H,4,6-7H2,1-3H3,(H2,25,27);5-6H,3-4H2,1-2H3;4H,1-3H3/b17-13-,19-14+,20-5+;;. The summed E-state index contributed by atoms with van der Waals surface area (Å²) in [4.78, 5) is 15.4. The fraction of sp³-hybridized carbons (Fsp3) is 0.438. The van der Waals surface area contributed by atoms with Crippen LogP contribution in [0.25, 0.3) is 29.2 Å². The Morgan fingerprint density at radius 3 is 2.16 bits per heavy atom.